The van der Waals surface area contributed by atoms with E-state index in [4.69, 9.17) is 0 Å². The number of sulfonamides is 1. The van der Waals surface area contributed by atoms with E-state index in [1.54, 1.807) is 6.07 Å². The molecule has 0 atom stereocenters. The summed E-state index contributed by atoms with van der Waals surface area (Å²) in [7, 11) is -3.39. The average Bonchev–Trinajstić information content (AvgIpc) is 2.86. The molecular weight excluding hydrogens is 302 g/mol. The van der Waals surface area contributed by atoms with E-state index in [0.717, 1.165) is 24.1 Å². The maximum Gasteiger partial charge on any atom is 0.250 e. The molecule has 0 aliphatic heterocycles. The Morgan fingerprint density at radius 2 is 1.86 bits per heavy atom. The summed E-state index contributed by atoms with van der Waals surface area (Å²) in [5, 5.41) is 0. The second-order valence-electron chi connectivity index (χ2n) is 5.69. The molecule has 0 bridgehead atoms. The van der Waals surface area contributed by atoms with E-state index in [2.05, 4.69) is 16.9 Å². The summed E-state index contributed by atoms with van der Waals surface area (Å²) in [4.78, 5) is 1.01. The van der Waals surface area contributed by atoms with Gasteiger partial charge < -0.3 is 0 Å². The lowest BCUT2D eigenvalue weighted by Crippen LogP contribution is -2.45. The number of aryl methyl sites for hydroxylation is 1. The monoisotopic (exact) mass is 321 g/mol. The van der Waals surface area contributed by atoms with Gasteiger partial charge in [-0.2, -0.15) is 0 Å². The molecule has 5 heteroatoms. The van der Waals surface area contributed by atoms with Crippen molar-refractivity contribution in [1.82, 2.24) is 4.72 Å². The van der Waals surface area contributed by atoms with Crippen molar-refractivity contribution in [3.8, 4) is 0 Å². The quantitative estimate of drug-likeness (QED) is 0.917. The van der Waals surface area contributed by atoms with Crippen LogP contribution >= 0.6 is 11.3 Å². The Labute approximate surface area is 130 Å². The van der Waals surface area contributed by atoms with E-state index in [9.17, 15) is 8.42 Å². The standard InChI is InChI=1S/C16H19NO2S2/c1-13-8-9-15(20-13)21(18,19)17-12-16(10-5-11-16)14-6-3-2-4-7-14/h2-4,6-9,17H,5,10-12H2,1H3. The fourth-order valence-corrected chi connectivity index (χ4v) is 5.28. The average molecular weight is 321 g/mol. The first-order valence-corrected chi connectivity index (χ1v) is 9.44. The number of nitrogens with one attached hydrogen (secondary N) is 1. The van der Waals surface area contributed by atoms with Crippen molar-refractivity contribution in [1.29, 1.82) is 0 Å². The molecule has 2 aromatic rings. The summed E-state index contributed by atoms with van der Waals surface area (Å²) >= 11 is 1.32. The smallest absolute Gasteiger partial charge is 0.210 e. The zero-order valence-electron chi connectivity index (χ0n) is 12.0. The van der Waals surface area contributed by atoms with Gasteiger partial charge in [-0.05, 0) is 37.5 Å². The summed E-state index contributed by atoms with van der Waals surface area (Å²) in [6.07, 6.45) is 3.25. The van der Waals surface area contributed by atoms with Crippen LogP contribution in [0.5, 0.6) is 0 Å². The van der Waals surface area contributed by atoms with Crippen LogP contribution in [0.4, 0.5) is 0 Å². The molecule has 1 N–H and O–H groups in total. The van der Waals surface area contributed by atoms with Gasteiger partial charge in [0.15, 0.2) is 0 Å². The maximum absolute atomic E-state index is 12.4. The van der Waals surface area contributed by atoms with Crippen molar-refractivity contribution in [3.05, 3.63) is 52.9 Å². The molecular formula is C16H19NO2S2. The van der Waals surface area contributed by atoms with Gasteiger partial charge in [-0.1, -0.05) is 36.8 Å². The van der Waals surface area contributed by atoms with E-state index in [1.807, 2.05) is 31.2 Å². The van der Waals surface area contributed by atoms with E-state index in [0.29, 0.717) is 10.8 Å². The highest BCUT2D eigenvalue weighted by atomic mass is 32.2. The number of thiophene rings is 1. The van der Waals surface area contributed by atoms with Gasteiger partial charge in [0.25, 0.3) is 0 Å². The Kier molecular flexibility index (Phi) is 3.90. The van der Waals surface area contributed by atoms with Crippen LogP contribution in [0.25, 0.3) is 0 Å². The molecule has 1 aliphatic carbocycles. The summed E-state index contributed by atoms with van der Waals surface area (Å²) < 4.78 is 27.9. The molecule has 3 nitrogen and oxygen atoms in total. The van der Waals surface area contributed by atoms with E-state index >= 15 is 0 Å². The summed E-state index contributed by atoms with van der Waals surface area (Å²) in [6, 6.07) is 13.8. The third-order valence-electron chi connectivity index (χ3n) is 4.28. The highest BCUT2D eigenvalue weighted by Crippen LogP contribution is 2.43. The first kappa shape index (κ1) is 14.8. The maximum atomic E-state index is 12.4. The van der Waals surface area contributed by atoms with Crippen LogP contribution in [0.2, 0.25) is 0 Å². The van der Waals surface area contributed by atoms with Crippen LogP contribution in [-0.2, 0) is 15.4 Å². The van der Waals surface area contributed by atoms with Gasteiger partial charge >= 0.3 is 0 Å². The molecule has 1 saturated carbocycles. The second kappa shape index (κ2) is 5.55. The van der Waals surface area contributed by atoms with E-state index in [1.165, 1.54) is 16.9 Å². The number of benzene rings is 1. The lowest BCUT2D eigenvalue weighted by Gasteiger charge is -2.42. The fraction of sp³-hybridized carbons (Fsp3) is 0.375. The summed E-state index contributed by atoms with van der Waals surface area (Å²) in [6.45, 7) is 2.40. The van der Waals surface area contributed by atoms with Crippen LogP contribution in [0.3, 0.4) is 0 Å². The highest BCUT2D eigenvalue weighted by Gasteiger charge is 2.39. The van der Waals surface area contributed by atoms with Crippen molar-refractivity contribution in [2.45, 2.75) is 35.8 Å². The minimum absolute atomic E-state index is 0.0271. The Morgan fingerprint density at radius 1 is 1.14 bits per heavy atom. The molecule has 1 heterocycles. The van der Waals surface area contributed by atoms with Gasteiger partial charge in [-0.25, -0.2) is 13.1 Å². The number of hydrogen-bond donors (Lipinski definition) is 1. The SMILES string of the molecule is Cc1ccc(S(=O)(=O)NCC2(c3ccccc3)CCC2)s1. The van der Waals surface area contributed by atoms with Crippen LogP contribution < -0.4 is 4.72 Å². The third-order valence-corrected chi connectivity index (χ3v) is 7.17. The zero-order valence-corrected chi connectivity index (χ0v) is 13.6. The largest absolute Gasteiger partial charge is 0.250 e. The molecule has 0 amide bonds. The lowest BCUT2D eigenvalue weighted by molar-refractivity contribution is 0.245. The van der Waals surface area contributed by atoms with Crippen molar-refractivity contribution in [3.63, 3.8) is 0 Å². The number of hydrogen-bond acceptors (Lipinski definition) is 3. The van der Waals surface area contributed by atoms with Crippen molar-refractivity contribution >= 4 is 21.4 Å². The summed E-state index contributed by atoms with van der Waals surface area (Å²) in [5.41, 5.74) is 1.21. The molecule has 21 heavy (non-hydrogen) atoms. The van der Waals surface area contributed by atoms with Crippen LogP contribution in [0.15, 0.2) is 46.7 Å². The first-order valence-electron chi connectivity index (χ1n) is 7.14. The number of rotatable bonds is 5. The Morgan fingerprint density at radius 3 is 2.38 bits per heavy atom. The second-order valence-corrected chi connectivity index (χ2v) is 8.97. The van der Waals surface area contributed by atoms with Gasteiger partial charge in [0.1, 0.15) is 4.21 Å². The molecule has 1 aromatic heterocycles. The Bertz CT molecular complexity index is 716. The third kappa shape index (κ3) is 2.91. The molecule has 1 fully saturated rings. The topological polar surface area (TPSA) is 46.2 Å². The van der Waals surface area contributed by atoms with Gasteiger partial charge in [0.2, 0.25) is 10.0 Å². The Hall–Kier alpha value is -1.17. The van der Waals surface area contributed by atoms with E-state index < -0.39 is 10.0 Å². The van der Waals surface area contributed by atoms with Crippen molar-refractivity contribution in [2.75, 3.05) is 6.54 Å². The van der Waals surface area contributed by atoms with Crippen LogP contribution in [0, 0.1) is 6.92 Å². The Balaban J connectivity index is 1.77. The molecule has 3 rings (SSSR count). The van der Waals surface area contributed by atoms with Crippen molar-refractivity contribution < 1.29 is 8.42 Å². The molecule has 0 unspecified atom stereocenters. The zero-order chi connectivity index (χ0) is 14.9. The fourth-order valence-electron chi connectivity index (χ4n) is 2.82. The minimum atomic E-state index is -3.39. The molecule has 0 saturated heterocycles. The van der Waals surface area contributed by atoms with Gasteiger partial charge in [0.05, 0.1) is 0 Å². The minimum Gasteiger partial charge on any atom is -0.210 e. The highest BCUT2D eigenvalue weighted by molar-refractivity contribution is 7.91. The van der Waals surface area contributed by atoms with E-state index in [-0.39, 0.29) is 5.41 Å². The molecule has 0 spiro atoms. The van der Waals surface area contributed by atoms with Gasteiger partial charge in [-0.15, -0.1) is 11.3 Å². The van der Waals surface area contributed by atoms with Crippen LogP contribution in [0.1, 0.15) is 29.7 Å². The van der Waals surface area contributed by atoms with Gasteiger partial charge in [-0.3, -0.25) is 0 Å². The predicted molar refractivity (Wildman–Crippen MR) is 86.2 cm³/mol. The summed E-state index contributed by atoms with van der Waals surface area (Å²) in [5.74, 6) is 0. The van der Waals surface area contributed by atoms with Crippen LogP contribution in [-0.4, -0.2) is 15.0 Å². The molecule has 112 valence electrons. The normalized spacial score (nSPS) is 17.4. The molecule has 0 radical (unpaired) electrons. The lowest BCUT2D eigenvalue weighted by atomic mass is 9.64. The first-order chi connectivity index (χ1) is 10.0. The predicted octanol–water partition coefficient (Wildman–Crippen LogP) is 3.46. The molecule has 1 aromatic carbocycles. The molecule has 1 aliphatic rings. The van der Waals surface area contributed by atoms with Crippen molar-refractivity contribution in [2.24, 2.45) is 0 Å². The van der Waals surface area contributed by atoms with Gasteiger partial charge in [0, 0.05) is 16.8 Å².